The molecule has 4 aromatic rings. The molecule has 0 bridgehead atoms. The van der Waals surface area contributed by atoms with Crippen LogP contribution in [0.3, 0.4) is 0 Å². The van der Waals surface area contributed by atoms with Gasteiger partial charge in [-0.3, -0.25) is 14.9 Å². The molecule has 0 unspecified atom stereocenters. The van der Waals surface area contributed by atoms with Crippen LogP contribution in [0.2, 0.25) is 0 Å². The lowest BCUT2D eigenvalue weighted by Crippen LogP contribution is -2.29. The summed E-state index contributed by atoms with van der Waals surface area (Å²) in [6.07, 6.45) is 1.32. The van der Waals surface area contributed by atoms with Crippen molar-refractivity contribution in [2.24, 2.45) is 5.10 Å². The van der Waals surface area contributed by atoms with Crippen LogP contribution < -0.4 is 10.3 Å². The van der Waals surface area contributed by atoms with E-state index >= 15 is 0 Å². The van der Waals surface area contributed by atoms with Gasteiger partial charge in [0.25, 0.3) is 5.56 Å². The van der Waals surface area contributed by atoms with E-state index in [9.17, 15) is 19.7 Å². The van der Waals surface area contributed by atoms with Crippen LogP contribution in [0.5, 0.6) is 5.75 Å². The first-order valence-corrected chi connectivity index (χ1v) is 13.1. The number of aromatic carboxylic acids is 1. The third kappa shape index (κ3) is 6.23. The van der Waals surface area contributed by atoms with Gasteiger partial charge in [-0.1, -0.05) is 64.8 Å². The van der Waals surface area contributed by atoms with E-state index in [0.717, 1.165) is 0 Å². The van der Waals surface area contributed by atoms with E-state index in [0.29, 0.717) is 31.2 Å². The van der Waals surface area contributed by atoms with Crippen molar-refractivity contribution in [2.75, 3.05) is 0 Å². The van der Waals surface area contributed by atoms with Crippen LogP contribution in [0.15, 0.2) is 73.4 Å². The summed E-state index contributed by atoms with van der Waals surface area (Å²) in [7, 11) is 0. The van der Waals surface area contributed by atoms with Crippen molar-refractivity contribution < 1.29 is 19.6 Å². The van der Waals surface area contributed by atoms with Crippen LogP contribution in [0.1, 0.15) is 48.1 Å². The Balaban J connectivity index is 1.81. The number of ether oxygens (including phenoxy) is 1. The molecule has 4 rings (SSSR count). The number of fused-ring (bicyclic) bond motifs is 1. The summed E-state index contributed by atoms with van der Waals surface area (Å²) in [6, 6.07) is 14.1. The van der Waals surface area contributed by atoms with Gasteiger partial charge in [0.15, 0.2) is 0 Å². The molecular formula is C27H22Br2N4O6. The van der Waals surface area contributed by atoms with E-state index in [4.69, 9.17) is 9.84 Å². The maximum Gasteiger partial charge on any atom is 0.335 e. The predicted octanol–water partition coefficient (Wildman–Crippen LogP) is 6.29. The Kier molecular flexibility index (Phi) is 7.98. The fourth-order valence-corrected chi connectivity index (χ4v) is 4.57. The highest BCUT2D eigenvalue weighted by molar-refractivity contribution is 9.10. The van der Waals surface area contributed by atoms with Gasteiger partial charge in [0.1, 0.15) is 12.4 Å². The average Bonchev–Trinajstić information content (AvgIpc) is 2.87. The van der Waals surface area contributed by atoms with Gasteiger partial charge in [0, 0.05) is 26.0 Å². The first-order chi connectivity index (χ1) is 18.3. The smallest absolute Gasteiger partial charge is 0.335 e. The minimum absolute atomic E-state index is 0.0592. The molecule has 1 aromatic heterocycles. The van der Waals surface area contributed by atoms with Crippen LogP contribution in [0.4, 0.5) is 5.69 Å². The molecule has 0 aliphatic rings. The third-order valence-electron chi connectivity index (χ3n) is 5.64. The molecule has 39 heavy (non-hydrogen) atoms. The lowest BCUT2D eigenvalue weighted by molar-refractivity contribution is -0.386. The van der Waals surface area contributed by atoms with E-state index in [-0.39, 0.29) is 29.2 Å². The molecule has 0 spiro atoms. The summed E-state index contributed by atoms with van der Waals surface area (Å²) >= 11 is 6.68. The second-order valence-corrected chi connectivity index (χ2v) is 11.4. The van der Waals surface area contributed by atoms with Crippen molar-refractivity contribution in [3.05, 3.63) is 107 Å². The number of aromatic nitrogens is 2. The van der Waals surface area contributed by atoms with Crippen LogP contribution in [-0.4, -0.2) is 31.9 Å². The van der Waals surface area contributed by atoms with E-state index < -0.39 is 21.9 Å². The summed E-state index contributed by atoms with van der Waals surface area (Å²) in [5.41, 5.74) is 0.232. The normalized spacial score (nSPS) is 11.7. The molecule has 0 atom stereocenters. The molecule has 0 aliphatic carbocycles. The lowest BCUT2D eigenvalue weighted by atomic mass is 9.95. The minimum Gasteiger partial charge on any atom is -0.481 e. The monoisotopic (exact) mass is 656 g/mol. The van der Waals surface area contributed by atoms with Crippen molar-refractivity contribution >= 4 is 60.6 Å². The molecule has 0 amide bonds. The Bertz CT molecular complexity index is 1690. The van der Waals surface area contributed by atoms with E-state index in [1.807, 2.05) is 20.8 Å². The molecule has 1 heterocycles. The predicted molar refractivity (Wildman–Crippen MR) is 154 cm³/mol. The van der Waals surface area contributed by atoms with Crippen molar-refractivity contribution in [2.45, 2.75) is 32.8 Å². The third-order valence-corrected chi connectivity index (χ3v) is 6.59. The fourth-order valence-electron chi connectivity index (χ4n) is 3.75. The zero-order valence-electron chi connectivity index (χ0n) is 21.0. The highest BCUT2D eigenvalue weighted by Crippen LogP contribution is 2.34. The zero-order valence-corrected chi connectivity index (χ0v) is 24.2. The van der Waals surface area contributed by atoms with Gasteiger partial charge in [-0.25, -0.2) is 9.78 Å². The average molecular weight is 658 g/mol. The van der Waals surface area contributed by atoms with Gasteiger partial charge in [0.2, 0.25) is 5.75 Å². The number of hydrogen-bond donors (Lipinski definition) is 1. The number of hydrogen-bond acceptors (Lipinski definition) is 7. The van der Waals surface area contributed by atoms with Gasteiger partial charge in [-0.05, 0) is 42.0 Å². The Morgan fingerprint density at radius 1 is 1.13 bits per heavy atom. The largest absolute Gasteiger partial charge is 0.481 e. The highest BCUT2D eigenvalue weighted by Gasteiger charge is 2.24. The Morgan fingerprint density at radius 2 is 1.82 bits per heavy atom. The molecule has 0 fully saturated rings. The topological polar surface area (TPSA) is 137 Å². The zero-order chi connectivity index (χ0) is 28.5. The summed E-state index contributed by atoms with van der Waals surface area (Å²) < 4.78 is 8.18. The molecular weight excluding hydrogens is 636 g/mol. The molecule has 12 heteroatoms. The standard InChI is InChI=1S/C27H22Br2N4O6/c1-27(2,3)26-31-21-9-8-18(28)11-20(21)24(34)32(26)30-13-17-10-19(29)12-22(33(37)38)23(17)39-14-15-4-6-16(7-5-15)25(35)36/h4-13H,14H2,1-3H3,(H,35,36). The van der Waals surface area contributed by atoms with Gasteiger partial charge in [0.05, 0.1) is 27.6 Å². The highest BCUT2D eigenvalue weighted by atomic mass is 79.9. The van der Waals surface area contributed by atoms with E-state index in [1.54, 1.807) is 36.4 Å². The SMILES string of the molecule is CC(C)(C)c1nc2ccc(Br)cc2c(=O)n1N=Cc1cc(Br)cc([N+](=O)[O-])c1OCc1ccc(C(=O)O)cc1. The number of carbonyl (C=O) groups is 1. The molecule has 3 aromatic carbocycles. The number of rotatable bonds is 7. The van der Waals surface area contributed by atoms with Gasteiger partial charge in [-0.15, -0.1) is 0 Å². The summed E-state index contributed by atoms with van der Waals surface area (Å²) in [5, 5.41) is 25.8. The Morgan fingerprint density at radius 3 is 2.44 bits per heavy atom. The number of benzene rings is 3. The summed E-state index contributed by atoms with van der Waals surface area (Å²) in [6.45, 7) is 5.64. The van der Waals surface area contributed by atoms with Crippen LogP contribution in [-0.2, 0) is 12.0 Å². The molecule has 10 nitrogen and oxygen atoms in total. The number of nitro benzene ring substituents is 1. The minimum atomic E-state index is -1.06. The van der Waals surface area contributed by atoms with Gasteiger partial charge < -0.3 is 9.84 Å². The van der Waals surface area contributed by atoms with Crippen molar-refractivity contribution in [3.8, 4) is 5.75 Å². The summed E-state index contributed by atoms with van der Waals surface area (Å²) in [4.78, 5) is 40.6. The first kappa shape index (κ1) is 28.1. The van der Waals surface area contributed by atoms with Crippen molar-refractivity contribution in [3.63, 3.8) is 0 Å². The van der Waals surface area contributed by atoms with Crippen LogP contribution >= 0.6 is 31.9 Å². The fraction of sp³-hybridized carbons (Fsp3) is 0.185. The summed E-state index contributed by atoms with van der Waals surface area (Å²) in [5.74, 6) is -0.718. The quantitative estimate of drug-likeness (QED) is 0.140. The molecule has 0 saturated heterocycles. The number of nitrogens with zero attached hydrogens (tertiary/aromatic N) is 4. The molecule has 1 N–H and O–H groups in total. The second-order valence-electron chi connectivity index (χ2n) is 9.60. The molecule has 0 saturated carbocycles. The number of carboxylic acid groups (broad SMARTS) is 1. The molecule has 0 aliphatic heterocycles. The maximum atomic E-state index is 13.5. The van der Waals surface area contributed by atoms with Crippen LogP contribution in [0, 0.1) is 10.1 Å². The molecule has 200 valence electrons. The maximum absolute atomic E-state index is 13.5. The lowest BCUT2D eigenvalue weighted by Gasteiger charge is -2.21. The number of nitro groups is 1. The number of carboxylic acids is 1. The number of halogens is 2. The second kappa shape index (κ2) is 11.1. The Labute approximate surface area is 239 Å². The van der Waals surface area contributed by atoms with Crippen molar-refractivity contribution in [1.82, 2.24) is 9.66 Å². The van der Waals surface area contributed by atoms with Crippen LogP contribution in [0.25, 0.3) is 10.9 Å². The van der Waals surface area contributed by atoms with Gasteiger partial charge in [-0.2, -0.15) is 9.78 Å². The van der Waals surface area contributed by atoms with Gasteiger partial charge >= 0.3 is 11.7 Å². The molecule has 0 radical (unpaired) electrons. The van der Waals surface area contributed by atoms with Crippen molar-refractivity contribution in [1.29, 1.82) is 0 Å². The van der Waals surface area contributed by atoms with E-state index in [1.165, 1.54) is 29.1 Å². The first-order valence-electron chi connectivity index (χ1n) is 11.6. The Hall–Kier alpha value is -3.90. The van der Waals surface area contributed by atoms with E-state index in [2.05, 4.69) is 41.9 Å².